The van der Waals surface area contributed by atoms with Crippen LogP contribution in [0, 0.1) is 6.92 Å². The molecule has 2 heterocycles. The van der Waals surface area contributed by atoms with Gasteiger partial charge in [-0.25, -0.2) is 0 Å². The maximum absolute atomic E-state index is 12.9. The van der Waals surface area contributed by atoms with Crippen molar-refractivity contribution in [2.45, 2.75) is 25.4 Å². The second-order valence-corrected chi connectivity index (χ2v) is 7.42. The van der Waals surface area contributed by atoms with Crippen LogP contribution in [-0.4, -0.2) is 59.2 Å². The molecule has 0 spiro atoms. The Morgan fingerprint density at radius 2 is 1.75 bits per heavy atom. The minimum atomic E-state index is -0.623. The summed E-state index contributed by atoms with van der Waals surface area (Å²) in [7, 11) is 0. The zero-order valence-corrected chi connectivity index (χ0v) is 15.8. The summed E-state index contributed by atoms with van der Waals surface area (Å²) in [6.45, 7) is 3.00. The molecular weight excluding hydrogens is 354 g/mol. The predicted molar refractivity (Wildman–Crippen MR) is 105 cm³/mol. The molecule has 144 valence electrons. The van der Waals surface area contributed by atoms with Gasteiger partial charge in [0.15, 0.2) is 0 Å². The lowest BCUT2D eigenvalue weighted by Crippen LogP contribution is -2.70. The van der Waals surface area contributed by atoms with E-state index in [2.05, 4.69) is 5.32 Å². The van der Waals surface area contributed by atoms with E-state index in [1.165, 1.54) is 0 Å². The molecule has 28 heavy (non-hydrogen) atoms. The normalized spacial score (nSPS) is 21.9. The van der Waals surface area contributed by atoms with E-state index in [0.717, 1.165) is 11.1 Å². The molecule has 2 aromatic carbocycles. The minimum Gasteiger partial charge on any atom is -0.342 e. The van der Waals surface area contributed by atoms with Gasteiger partial charge in [0.25, 0.3) is 5.91 Å². The highest BCUT2D eigenvalue weighted by Crippen LogP contribution is 2.20. The molecule has 6 nitrogen and oxygen atoms in total. The number of nitrogens with one attached hydrogen (secondary N) is 1. The van der Waals surface area contributed by atoms with Crippen LogP contribution in [-0.2, 0) is 16.0 Å². The molecule has 0 bridgehead atoms. The van der Waals surface area contributed by atoms with Crippen LogP contribution in [0.3, 0.4) is 0 Å². The molecule has 2 aliphatic heterocycles. The molecule has 6 heteroatoms. The van der Waals surface area contributed by atoms with Crippen molar-refractivity contribution >= 4 is 17.7 Å². The molecule has 0 aliphatic carbocycles. The monoisotopic (exact) mass is 377 g/mol. The van der Waals surface area contributed by atoms with Crippen molar-refractivity contribution in [1.82, 2.24) is 15.1 Å². The van der Waals surface area contributed by atoms with Crippen molar-refractivity contribution in [1.29, 1.82) is 0 Å². The third kappa shape index (κ3) is 3.50. The first-order valence-corrected chi connectivity index (χ1v) is 9.53. The topological polar surface area (TPSA) is 69.7 Å². The predicted octanol–water partition coefficient (Wildman–Crippen LogP) is 1.39. The van der Waals surface area contributed by atoms with E-state index in [9.17, 15) is 14.4 Å². The molecule has 3 amide bonds. The third-order valence-electron chi connectivity index (χ3n) is 5.45. The molecule has 2 aromatic rings. The van der Waals surface area contributed by atoms with Crippen LogP contribution >= 0.6 is 0 Å². The maximum Gasteiger partial charge on any atom is 0.253 e. The largest absolute Gasteiger partial charge is 0.342 e. The summed E-state index contributed by atoms with van der Waals surface area (Å²) in [5.41, 5.74) is 2.69. The van der Waals surface area contributed by atoms with E-state index in [4.69, 9.17) is 0 Å². The molecule has 1 N–H and O–H groups in total. The Bertz CT molecular complexity index is 895. The van der Waals surface area contributed by atoms with Crippen LogP contribution in [0.25, 0.3) is 0 Å². The number of nitrogens with zero attached hydrogens (tertiary/aromatic N) is 2. The molecule has 0 radical (unpaired) electrons. The van der Waals surface area contributed by atoms with Gasteiger partial charge >= 0.3 is 0 Å². The van der Waals surface area contributed by atoms with E-state index in [1.54, 1.807) is 21.9 Å². The van der Waals surface area contributed by atoms with Gasteiger partial charge < -0.3 is 15.1 Å². The molecule has 0 saturated carbocycles. The molecule has 2 atom stereocenters. The van der Waals surface area contributed by atoms with Gasteiger partial charge in [0.2, 0.25) is 11.8 Å². The number of carbonyl (C=O) groups is 3. The summed E-state index contributed by atoms with van der Waals surface area (Å²) in [6.07, 6.45) is 0.473. The van der Waals surface area contributed by atoms with Gasteiger partial charge in [-0.2, -0.15) is 0 Å². The van der Waals surface area contributed by atoms with Crippen molar-refractivity contribution in [3.05, 3.63) is 71.3 Å². The van der Waals surface area contributed by atoms with Gasteiger partial charge in [0.05, 0.1) is 6.54 Å². The summed E-state index contributed by atoms with van der Waals surface area (Å²) < 4.78 is 0. The number of piperazine rings is 2. The Labute approximate surface area is 164 Å². The Morgan fingerprint density at radius 3 is 2.46 bits per heavy atom. The van der Waals surface area contributed by atoms with Crippen LogP contribution in [0.1, 0.15) is 21.5 Å². The van der Waals surface area contributed by atoms with Gasteiger partial charge in [-0.05, 0) is 24.6 Å². The lowest BCUT2D eigenvalue weighted by atomic mass is 9.98. The molecule has 2 fully saturated rings. The van der Waals surface area contributed by atoms with Gasteiger partial charge in [-0.1, -0.05) is 48.0 Å². The third-order valence-corrected chi connectivity index (χ3v) is 5.45. The van der Waals surface area contributed by atoms with E-state index in [1.807, 2.05) is 49.4 Å². The second kappa shape index (κ2) is 7.46. The van der Waals surface area contributed by atoms with E-state index < -0.39 is 12.1 Å². The van der Waals surface area contributed by atoms with E-state index in [-0.39, 0.29) is 24.3 Å². The highest BCUT2D eigenvalue weighted by atomic mass is 16.2. The highest BCUT2D eigenvalue weighted by molar-refractivity contribution is 5.99. The lowest BCUT2D eigenvalue weighted by Gasteiger charge is -2.45. The molecule has 2 saturated heterocycles. The van der Waals surface area contributed by atoms with Gasteiger partial charge in [0, 0.05) is 25.1 Å². The Balaban J connectivity index is 1.45. The van der Waals surface area contributed by atoms with Gasteiger partial charge in [-0.15, -0.1) is 0 Å². The van der Waals surface area contributed by atoms with E-state index in [0.29, 0.717) is 25.1 Å². The van der Waals surface area contributed by atoms with Crippen molar-refractivity contribution in [2.75, 3.05) is 19.6 Å². The maximum atomic E-state index is 12.9. The second-order valence-electron chi connectivity index (χ2n) is 7.42. The molecular formula is C22H23N3O3. The fourth-order valence-corrected chi connectivity index (χ4v) is 3.85. The zero-order chi connectivity index (χ0) is 19.7. The van der Waals surface area contributed by atoms with Crippen molar-refractivity contribution in [3.8, 4) is 0 Å². The van der Waals surface area contributed by atoms with Gasteiger partial charge in [-0.3, -0.25) is 14.4 Å². The SMILES string of the molecule is Cc1ccc(C(=O)N2CCN3C(=O)[C@@H](Cc4ccccc4)NC(=O)[C@H]3C2)cc1. The van der Waals surface area contributed by atoms with Crippen LogP contribution < -0.4 is 5.32 Å². The quantitative estimate of drug-likeness (QED) is 0.879. The molecule has 4 rings (SSSR count). The van der Waals surface area contributed by atoms with Crippen LogP contribution in [0.2, 0.25) is 0 Å². The molecule has 0 aromatic heterocycles. The summed E-state index contributed by atoms with van der Waals surface area (Å²) in [4.78, 5) is 41.6. The molecule has 0 unspecified atom stereocenters. The Morgan fingerprint density at radius 1 is 1.04 bits per heavy atom. The number of rotatable bonds is 3. The Hall–Kier alpha value is -3.15. The first-order chi connectivity index (χ1) is 13.5. The van der Waals surface area contributed by atoms with Crippen LogP contribution in [0.4, 0.5) is 0 Å². The summed E-state index contributed by atoms with van der Waals surface area (Å²) in [5, 5.41) is 2.85. The summed E-state index contributed by atoms with van der Waals surface area (Å²) >= 11 is 0. The minimum absolute atomic E-state index is 0.0733. The first-order valence-electron chi connectivity index (χ1n) is 9.53. The zero-order valence-electron chi connectivity index (χ0n) is 15.8. The number of fused-ring (bicyclic) bond motifs is 1. The van der Waals surface area contributed by atoms with Crippen LogP contribution in [0.5, 0.6) is 0 Å². The smallest absolute Gasteiger partial charge is 0.253 e. The highest BCUT2D eigenvalue weighted by Gasteiger charge is 2.44. The average Bonchev–Trinajstić information content (AvgIpc) is 2.72. The number of hydrogen-bond donors (Lipinski definition) is 1. The number of carbonyl (C=O) groups excluding carboxylic acids is 3. The fraction of sp³-hybridized carbons (Fsp3) is 0.318. The Kier molecular flexibility index (Phi) is 4.86. The van der Waals surface area contributed by atoms with Gasteiger partial charge in [0.1, 0.15) is 12.1 Å². The van der Waals surface area contributed by atoms with E-state index >= 15 is 0 Å². The first kappa shape index (κ1) is 18.2. The average molecular weight is 377 g/mol. The van der Waals surface area contributed by atoms with Crippen molar-refractivity contribution in [2.24, 2.45) is 0 Å². The number of aryl methyl sites for hydroxylation is 1. The van der Waals surface area contributed by atoms with Crippen LogP contribution in [0.15, 0.2) is 54.6 Å². The van der Waals surface area contributed by atoms with Crippen molar-refractivity contribution < 1.29 is 14.4 Å². The summed E-state index contributed by atoms with van der Waals surface area (Å²) in [6, 6.07) is 15.9. The number of benzene rings is 2. The van der Waals surface area contributed by atoms with Crippen molar-refractivity contribution in [3.63, 3.8) is 0 Å². The number of hydrogen-bond acceptors (Lipinski definition) is 3. The standard InChI is InChI=1S/C22H23N3O3/c1-15-7-9-17(10-8-15)21(27)24-11-12-25-19(14-24)20(26)23-18(22(25)28)13-16-5-3-2-4-6-16/h2-10,18-19H,11-14H2,1H3,(H,23,26)/t18-,19-/m1/s1. The molecule has 2 aliphatic rings. The lowest BCUT2D eigenvalue weighted by molar-refractivity contribution is -0.152. The number of amides is 3. The fourth-order valence-electron chi connectivity index (χ4n) is 3.85. The summed E-state index contributed by atoms with van der Waals surface area (Å²) in [5.74, 6) is -0.371.